The van der Waals surface area contributed by atoms with E-state index < -0.39 is 0 Å². The normalized spacial score (nSPS) is 25.8. The summed E-state index contributed by atoms with van der Waals surface area (Å²) in [6.45, 7) is 0.821. The Morgan fingerprint density at radius 3 is 2.57 bits per heavy atom. The molecule has 3 saturated carbocycles. The minimum Gasteiger partial charge on any atom is -0.382 e. The van der Waals surface area contributed by atoms with Crippen LogP contribution in [0.4, 0.5) is 5.82 Å². The number of benzene rings is 1. The van der Waals surface area contributed by atoms with Crippen LogP contribution in [0.5, 0.6) is 0 Å². The summed E-state index contributed by atoms with van der Waals surface area (Å²) in [4.78, 5) is 12.1. The maximum absolute atomic E-state index is 12.1. The summed E-state index contributed by atoms with van der Waals surface area (Å²) in [5.74, 6) is 1.42. The lowest BCUT2D eigenvalue weighted by Crippen LogP contribution is -2.57. The van der Waals surface area contributed by atoms with E-state index in [1.54, 1.807) is 6.07 Å². The van der Waals surface area contributed by atoms with Gasteiger partial charge in [-0.25, -0.2) is 0 Å². The smallest absolute Gasteiger partial charge is 0.251 e. The van der Waals surface area contributed by atoms with Crippen molar-refractivity contribution >= 4 is 11.7 Å². The standard InChI is InChI=1S/C16H18N4O/c17-14-5-13(19-20-14)11-1-3-12(4-2-11)15(21)18-9-16-6-10(7-16)8-16/h1-5,10H,6-9H2,(H,18,21)(H3,17,19,20). The van der Waals surface area contributed by atoms with Crippen LogP contribution < -0.4 is 11.1 Å². The molecule has 2 aromatic rings. The molecule has 3 fully saturated rings. The lowest BCUT2D eigenvalue weighted by atomic mass is 9.44. The molecular weight excluding hydrogens is 264 g/mol. The maximum atomic E-state index is 12.1. The van der Waals surface area contributed by atoms with E-state index in [0.29, 0.717) is 16.8 Å². The van der Waals surface area contributed by atoms with Gasteiger partial charge in [-0.15, -0.1) is 0 Å². The molecule has 4 N–H and O–H groups in total. The van der Waals surface area contributed by atoms with Crippen LogP contribution in [0.3, 0.4) is 0 Å². The number of carbonyl (C=O) groups is 1. The number of amides is 1. The maximum Gasteiger partial charge on any atom is 0.251 e. The number of aromatic nitrogens is 2. The van der Waals surface area contributed by atoms with Gasteiger partial charge in [0.15, 0.2) is 0 Å². The highest BCUT2D eigenvalue weighted by Crippen LogP contribution is 2.63. The summed E-state index contributed by atoms with van der Waals surface area (Å²) in [5, 5.41) is 9.82. The van der Waals surface area contributed by atoms with E-state index in [9.17, 15) is 4.79 Å². The van der Waals surface area contributed by atoms with Crippen LogP contribution in [0.25, 0.3) is 11.3 Å². The number of hydrogen-bond donors (Lipinski definition) is 3. The molecule has 21 heavy (non-hydrogen) atoms. The number of nitrogens with two attached hydrogens (primary N) is 1. The molecule has 5 heteroatoms. The molecule has 108 valence electrons. The third kappa shape index (κ3) is 2.09. The number of anilines is 1. The van der Waals surface area contributed by atoms with Crippen molar-refractivity contribution in [3.63, 3.8) is 0 Å². The Morgan fingerprint density at radius 1 is 1.33 bits per heavy atom. The Morgan fingerprint density at radius 2 is 2.05 bits per heavy atom. The number of aromatic amines is 1. The van der Waals surface area contributed by atoms with Gasteiger partial charge in [-0.1, -0.05) is 12.1 Å². The van der Waals surface area contributed by atoms with Gasteiger partial charge < -0.3 is 11.1 Å². The highest BCUT2D eigenvalue weighted by atomic mass is 16.1. The molecule has 0 unspecified atom stereocenters. The third-order valence-corrected chi connectivity index (χ3v) is 4.84. The zero-order valence-corrected chi connectivity index (χ0v) is 11.7. The van der Waals surface area contributed by atoms with Crippen LogP contribution in [0.15, 0.2) is 30.3 Å². The molecule has 1 amide bonds. The quantitative estimate of drug-likeness (QED) is 0.803. The van der Waals surface area contributed by atoms with Crippen molar-refractivity contribution < 1.29 is 4.79 Å². The highest BCUT2D eigenvalue weighted by Gasteiger charge is 2.56. The first-order chi connectivity index (χ1) is 10.1. The number of H-pyrrole nitrogens is 1. The summed E-state index contributed by atoms with van der Waals surface area (Å²) >= 11 is 0. The van der Waals surface area contributed by atoms with E-state index in [1.165, 1.54) is 19.3 Å². The number of carbonyl (C=O) groups excluding carboxylic acids is 1. The van der Waals surface area contributed by atoms with Crippen LogP contribution in [0.1, 0.15) is 29.6 Å². The van der Waals surface area contributed by atoms with E-state index in [0.717, 1.165) is 23.7 Å². The lowest BCUT2D eigenvalue weighted by Gasteiger charge is -2.62. The lowest BCUT2D eigenvalue weighted by molar-refractivity contribution is -0.101. The number of rotatable bonds is 4. The fourth-order valence-electron chi connectivity index (χ4n) is 3.53. The summed E-state index contributed by atoms with van der Waals surface area (Å²) in [7, 11) is 0. The van der Waals surface area contributed by atoms with Gasteiger partial charge in [0.05, 0.1) is 5.69 Å². The molecule has 5 rings (SSSR count). The van der Waals surface area contributed by atoms with E-state index >= 15 is 0 Å². The fourth-order valence-corrected chi connectivity index (χ4v) is 3.53. The number of hydrogen-bond acceptors (Lipinski definition) is 3. The van der Waals surface area contributed by atoms with Gasteiger partial charge in [0.25, 0.3) is 5.91 Å². The van der Waals surface area contributed by atoms with Crippen molar-refractivity contribution in [1.82, 2.24) is 15.5 Å². The van der Waals surface area contributed by atoms with Crippen LogP contribution >= 0.6 is 0 Å². The molecular formula is C16H18N4O. The zero-order valence-electron chi connectivity index (χ0n) is 11.7. The topological polar surface area (TPSA) is 83.8 Å². The average Bonchev–Trinajstić information content (AvgIpc) is 2.82. The van der Waals surface area contributed by atoms with Gasteiger partial charge in [0.2, 0.25) is 0 Å². The van der Waals surface area contributed by atoms with Gasteiger partial charge in [-0.2, -0.15) is 5.10 Å². The zero-order chi connectivity index (χ0) is 14.4. The number of nitrogens with one attached hydrogen (secondary N) is 2. The summed E-state index contributed by atoms with van der Waals surface area (Å²) in [6, 6.07) is 9.26. The Kier molecular flexibility index (Phi) is 2.58. The third-order valence-electron chi connectivity index (χ3n) is 4.84. The molecule has 2 bridgehead atoms. The van der Waals surface area contributed by atoms with Crippen molar-refractivity contribution in [2.75, 3.05) is 12.3 Å². The molecule has 0 radical (unpaired) electrons. The van der Waals surface area contributed by atoms with Gasteiger partial charge in [-0.05, 0) is 48.3 Å². The van der Waals surface area contributed by atoms with Gasteiger partial charge in [0.1, 0.15) is 5.82 Å². The summed E-state index contributed by atoms with van der Waals surface area (Å²) < 4.78 is 0. The molecule has 0 aliphatic heterocycles. The summed E-state index contributed by atoms with van der Waals surface area (Å²) in [6.07, 6.45) is 3.90. The van der Waals surface area contributed by atoms with E-state index in [4.69, 9.17) is 5.73 Å². The Bertz CT molecular complexity index is 672. The van der Waals surface area contributed by atoms with Gasteiger partial charge >= 0.3 is 0 Å². The molecule has 5 nitrogen and oxygen atoms in total. The van der Waals surface area contributed by atoms with Crippen molar-refractivity contribution in [2.45, 2.75) is 19.3 Å². The molecule has 0 atom stereocenters. The van der Waals surface area contributed by atoms with Crippen LogP contribution in [0.2, 0.25) is 0 Å². The minimum absolute atomic E-state index is 0.00963. The first-order valence-electron chi connectivity index (χ1n) is 7.33. The first kappa shape index (κ1) is 12.4. The molecule has 0 spiro atoms. The van der Waals surface area contributed by atoms with Crippen LogP contribution in [-0.2, 0) is 0 Å². The molecule has 0 saturated heterocycles. The monoisotopic (exact) mass is 282 g/mol. The predicted molar refractivity (Wildman–Crippen MR) is 80.5 cm³/mol. The van der Waals surface area contributed by atoms with Crippen LogP contribution in [-0.4, -0.2) is 22.6 Å². The molecule has 3 aliphatic carbocycles. The SMILES string of the molecule is Nc1cc(-c2ccc(C(=O)NCC34CC(C3)C4)cc2)[nH]n1. The van der Waals surface area contributed by atoms with Crippen molar-refractivity contribution in [3.05, 3.63) is 35.9 Å². The average molecular weight is 282 g/mol. The van der Waals surface area contributed by atoms with Crippen molar-refractivity contribution in [3.8, 4) is 11.3 Å². The Labute approximate surface area is 122 Å². The van der Waals surface area contributed by atoms with E-state index in [2.05, 4.69) is 15.5 Å². The van der Waals surface area contributed by atoms with Gasteiger partial charge in [0, 0.05) is 18.2 Å². The highest BCUT2D eigenvalue weighted by molar-refractivity contribution is 5.94. The second-order valence-corrected chi connectivity index (χ2v) is 6.44. The second-order valence-electron chi connectivity index (χ2n) is 6.44. The molecule has 1 heterocycles. The van der Waals surface area contributed by atoms with E-state index in [1.807, 2.05) is 24.3 Å². The first-order valence-corrected chi connectivity index (χ1v) is 7.33. The molecule has 1 aromatic carbocycles. The largest absolute Gasteiger partial charge is 0.382 e. The minimum atomic E-state index is 0.00963. The Hall–Kier alpha value is -2.30. The number of nitrogens with zero attached hydrogens (tertiary/aromatic N) is 1. The summed E-state index contributed by atoms with van der Waals surface area (Å²) in [5.41, 5.74) is 8.54. The fraction of sp³-hybridized carbons (Fsp3) is 0.375. The van der Waals surface area contributed by atoms with Crippen molar-refractivity contribution in [2.24, 2.45) is 11.3 Å². The molecule has 3 aliphatic rings. The van der Waals surface area contributed by atoms with Crippen LogP contribution in [0, 0.1) is 11.3 Å². The second kappa shape index (κ2) is 4.35. The predicted octanol–water partition coefficient (Wildman–Crippen LogP) is 2.19. The Balaban J connectivity index is 1.41. The number of nitrogen functional groups attached to an aromatic ring is 1. The van der Waals surface area contributed by atoms with Crippen molar-refractivity contribution in [1.29, 1.82) is 0 Å². The molecule has 1 aromatic heterocycles. The van der Waals surface area contributed by atoms with E-state index in [-0.39, 0.29) is 5.91 Å². The van der Waals surface area contributed by atoms with Gasteiger partial charge in [-0.3, -0.25) is 9.89 Å².